The summed E-state index contributed by atoms with van der Waals surface area (Å²) in [6, 6.07) is 9.42. The Kier molecular flexibility index (Phi) is 6.92. The molecule has 0 N–H and O–H groups in total. The Morgan fingerprint density at radius 1 is 1.04 bits per heavy atom. The number of carbonyl (C=O) groups excluding carboxylic acids is 2. The Hall–Kier alpha value is -2.28. The second-order valence-corrected chi connectivity index (χ2v) is 7.00. The lowest BCUT2D eigenvalue weighted by Crippen LogP contribution is -2.57. The van der Waals surface area contributed by atoms with E-state index in [1.54, 1.807) is 4.90 Å². The fraction of sp³-hybridized carbons (Fsp3) is 0.600. The number of piperazine rings is 1. The van der Waals surface area contributed by atoms with Crippen molar-refractivity contribution in [1.29, 1.82) is 0 Å². The number of piperidine rings is 1. The number of para-hydroxylation sites is 1. The van der Waals surface area contributed by atoms with Crippen LogP contribution in [0.2, 0.25) is 0 Å². The molecule has 1 aromatic rings. The van der Waals surface area contributed by atoms with Crippen molar-refractivity contribution in [2.24, 2.45) is 0 Å². The zero-order valence-electron chi connectivity index (χ0n) is 16.0. The van der Waals surface area contributed by atoms with Crippen molar-refractivity contribution >= 4 is 12.0 Å². The summed E-state index contributed by atoms with van der Waals surface area (Å²) in [6.45, 7) is 5.11. The first-order chi connectivity index (χ1) is 13.2. The first-order valence-corrected chi connectivity index (χ1v) is 9.72. The minimum absolute atomic E-state index is 0.0558. The molecule has 7 heteroatoms. The molecular weight excluding hydrogens is 346 g/mol. The van der Waals surface area contributed by atoms with Gasteiger partial charge in [0, 0.05) is 39.3 Å². The van der Waals surface area contributed by atoms with Gasteiger partial charge in [-0.3, -0.25) is 14.6 Å². The van der Waals surface area contributed by atoms with E-state index in [9.17, 15) is 9.59 Å². The smallest absolute Gasteiger partial charge is 0.410 e. The Morgan fingerprint density at radius 2 is 1.78 bits per heavy atom. The second kappa shape index (κ2) is 9.60. The maximum Gasteiger partial charge on any atom is 0.410 e. The van der Waals surface area contributed by atoms with Gasteiger partial charge in [0.1, 0.15) is 18.4 Å². The first-order valence-electron chi connectivity index (χ1n) is 9.72. The highest BCUT2D eigenvalue weighted by Gasteiger charge is 2.36. The third-order valence-corrected chi connectivity index (χ3v) is 5.30. The SMILES string of the molecule is COC(=O)N1CCCC[C@@H]1C(=O)N1CCN(CCOc2ccccc2)CC1. The molecule has 2 heterocycles. The van der Waals surface area contributed by atoms with Crippen LogP contribution in [0.3, 0.4) is 0 Å². The number of nitrogens with zero attached hydrogens (tertiary/aromatic N) is 3. The van der Waals surface area contributed by atoms with E-state index in [-0.39, 0.29) is 11.9 Å². The topological polar surface area (TPSA) is 62.3 Å². The van der Waals surface area contributed by atoms with E-state index in [0.717, 1.165) is 44.6 Å². The van der Waals surface area contributed by atoms with Gasteiger partial charge in [0.2, 0.25) is 5.91 Å². The van der Waals surface area contributed by atoms with Crippen LogP contribution in [0.1, 0.15) is 19.3 Å². The molecule has 0 unspecified atom stereocenters. The van der Waals surface area contributed by atoms with Gasteiger partial charge in [0.15, 0.2) is 0 Å². The van der Waals surface area contributed by atoms with Crippen LogP contribution in [0.5, 0.6) is 5.75 Å². The van der Waals surface area contributed by atoms with Crippen LogP contribution in [0, 0.1) is 0 Å². The van der Waals surface area contributed by atoms with Gasteiger partial charge in [-0.25, -0.2) is 4.79 Å². The molecule has 1 aromatic carbocycles. The quantitative estimate of drug-likeness (QED) is 0.786. The number of carbonyl (C=O) groups is 2. The maximum atomic E-state index is 12.9. The molecule has 0 radical (unpaired) electrons. The summed E-state index contributed by atoms with van der Waals surface area (Å²) < 4.78 is 10.6. The van der Waals surface area contributed by atoms with Crippen LogP contribution < -0.4 is 4.74 Å². The molecule has 2 fully saturated rings. The summed E-state index contributed by atoms with van der Waals surface area (Å²) in [6.07, 6.45) is 2.22. The van der Waals surface area contributed by atoms with Gasteiger partial charge in [-0.15, -0.1) is 0 Å². The van der Waals surface area contributed by atoms with Crippen molar-refractivity contribution in [3.05, 3.63) is 30.3 Å². The lowest BCUT2D eigenvalue weighted by atomic mass is 10.0. The van der Waals surface area contributed by atoms with Gasteiger partial charge in [-0.05, 0) is 31.4 Å². The predicted octanol–water partition coefficient (Wildman–Crippen LogP) is 1.83. The molecule has 0 aliphatic carbocycles. The molecule has 2 aliphatic rings. The van der Waals surface area contributed by atoms with E-state index < -0.39 is 6.09 Å². The van der Waals surface area contributed by atoms with Crippen molar-refractivity contribution < 1.29 is 19.1 Å². The van der Waals surface area contributed by atoms with Gasteiger partial charge in [-0.1, -0.05) is 18.2 Å². The number of benzene rings is 1. The van der Waals surface area contributed by atoms with E-state index in [4.69, 9.17) is 9.47 Å². The average Bonchev–Trinajstić information content (AvgIpc) is 2.74. The Balaban J connectivity index is 1.44. The zero-order chi connectivity index (χ0) is 19.1. The minimum atomic E-state index is -0.398. The van der Waals surface area contributed by atoms with Gasteiger partial charge < -0.3 is 14.4 Å². The normalized spacial score (nSPS) is 21.0. The summed E-state index contributed by atoms with van der Waals surface area (Å²) in [5.74, 6) is 0.937. The number of hydrogen-bond acceptors (Lipinski definition) is 5. The summed E-state index contributed by atoms with van der Waals surface area (Å²) >= 11 is 0. The standard InChI is InChI=1S/C20H29N3O4/c1-26-20(25)23-10-6-5-9-18(23)19(24)22-13-11-21(12-14-22)15-16-27-17-7-3-2-4-8-17/h2-4,7-8,18H,5-6,9-16H2,1H3/t18-/m1/s1. The summed E-state index contributed by atoms with van der Waals surface area (Å²) in [5.41, 5.74) is 0. The van der Waals surface area contributed by atoms with Crippen molar-refractivity contribution in [3.63, 3.8) is 0 Å². The third kappa shape index (κ3) is 5.13. The Morgan fingerprint density at radius 3 is 2.48 bits per heavy atom. The van der Waals surface area contributed by atoms with Crippen molar-refractivity contribution in [2.75, 3.05) is 53.0 Å². The number of methoxy groups -OCH3 is 1. The van der Waals surface area contributed by atoms with E-state index >= 15 is 0 Å². The summed E-state index contributed by atoms with van der Waals surface area (Å²) in [7, 11) is 1.37. The van der Waals surface area contributed by atoms with Crippen LogP contribution in [-0.2, 0) is 9.53 Å². The number of ether oxygens (including phenoxy) is 2. The largest absolute Gasteiger partial charge is 0.492 e. The van der Waals surface area contributed by atoms with E-state index in [2.05, 4.69) is 4.90 Å². The molecule has 2 aliphatic heterocycles. The highest BCUT2D eigenvalue weighted by Crippen LogP contribution is 2.20. The van der Waals surface area contributed by atoms with Crippen molar-refractivity contribution in [3.8, 4) is 5.75 Å². The third-order valence-electron chi connectivity index (χ3n) is 5.30. The van der Waals surface area contributed by atoms with Gasteiger partial charge in [0.25, 0.3) is 0 Å². The number of rotatable bonds is 5. The lowest BCUT2D eigenvalue weighted by molar-refractivity contribution is -0.139. The Bertz CT molecular complexity index is 617. The Labute approximate surface area is 160 Å². The minimum Gasteiger partial charge on any atom is -0.492 e. The molecule has 0 bridgehead atoms. The molecule has 2 amide bonds. The highest BCUT2D eigenvalue weighted by molar-refractivity contribution is 5.86. The molecule has 3 rings (SSSR count). The highest BCUT2D eigenvalue weighted by atomic mass is 16.5. The van der Waals surface area contributed by atoms with Crippen molar-refractivity contribution in [2.45, 2.75) is 25.3 Å². The van der Waals surface area contributed by atoms with E-state index in [1.807, 2.05) is 35.2 Å². The lowest BCUT2D eigenvalue weighted by Gasteiger charge is -2.40. The number of likely N-dealkylation sites (tertiary alicyclic amines) is 1. The second-order valence-electron chi connectivity index (χ2n) is 7.00. The number of hydrogen-bond donors (Lipinski definition) is 0. The molecule has 0 aromatic heterocycles. The van der Waals surface area contributed by atoms with Gasteiger partial charge in [-0.2, -0.15) is 0 Å². The van der Waals surface area contributed by atoms with E-state index in [0.29, 0.717) is 26.2 Å². The molecule has 2 saturated heterocycles. The molecule has 148 valence electrons. The van der Waals surface area contributed by atoms with Crippen LogP contribution in [-0.4, -0.2) is 85.7 Å². The maximum absolute atomic E-state index is 12.9. The zero-order valence-corrected chi connectivity index (χ0v) is 16.0. The van der Waals surface area contributed by atoms with Crippen molar-refractivity contribution in [1.82, 2.24) is 14.7 Å². The molecular formula is C20H29N3O4. The molecule has 1 atom stereocenters. The van der Waals surface area contributed by atoms with E-state index in [1.165, 1.54) is 7.11 Å². The predicted molar refractivity (Wildman–Crippen MR) is 102 cm³/mol. The van der Waals surface area contributed by atoms with Crippen LogP contribution in [0.25, 0.3) is 0 Å². The molecule has 7 nitrogen and oxygen atoms in total. The van der Waals surface area contributed by atoms with Gasteiger partial charge in [0.05, 0.1) is 7.11 Å². The van der Waals surface area contributed by atoms with Crippen LogP contribution >= 0.6 is 0 Å². The monoisotopic (exact) mass is 375 g/mol. The number of amides is 2. The van der Waals surface area contributed by atoms with Crippen LogP contribution in [0.4, 0.5) is 4.79 Å². The average molecular weight is 375 g/mol. The van der Waals surface area contributed by atoms with Crippen LogP contribution in [0.15, 0.2) is 30.3 Å². The molecule has 0 saturated carbocycles. The summed E-state index contributed by atoms with van der Waals surface area (Å²) in [5, 5.41) is 0. The first kappa shape index (κ1) is 19.5. The van der Waals surface area contributed by atoms with Gasteiger partial charge >= 0.3 is 6.09 Å². The molecule has 27 heavy (non-hydrogen) atoms. The fourth-order valence-electron chi connectivity index (χ4n) is 3.74. The fourth-order valence-corrected chi connectivity index (χ4v) is 3.74. The summed E-state index contributed by atoms with van der Waals surface area (Å²) in [4.78, 5) is 30.7. The molecule has 0 spiro atoms.